The molecule has 1 aliphatic carbocycles. The third-order valence-electron chi connectivity index (χ3n) is 4.68. The maximum absolute atomic E-state index is 12.0. The predicted molar refractivity (Wildman–Crippen MR) is 85.9 cm³/mol. The molecule has 5 nitrogen and oxygen atoms in total. The quantitative estimate of drug-likeness (QED) is 0.941. The molecule has 23 heavy (non-hydrogen) atoms. The van der Waals surface area contributed by atoms with Crippen LogP contribution in [-0.4, -0.2) is 28.5 Å². The van der Waals surface area contributed by atoms with Crippen LogP contribution in [0.25, 0.3) is 11.1 Å². The van der Waals surface area contributed by atoms with Gasteiger partial charge in [0.1, 0.15) is 18.2 Å². The van der Waals surface area contributed by atoms with Crippen LogP contribution in [0.3, 0.4) is 0 Å². The second kappa shape index (κ2) is 5.99. The van der Waals surface area contributed by atoms with Crippen LogP contribution in [-0.2, 0) is 11.2 Å². The van der Waals surface area contributed by atoms with Gasteiger partial charge in [-0.25, -0.2) is 9.97 Å². The SMILES string of the molecule is O=C(NCC1Cc2cccc(-c3cncnc3)c2O1)C1CCC1. The minimum Gasteiger partial charge on any atom is -0.487 e. The molecule has 1 aromatic heterocycles. The first-order valence-electron chi connectivity index (χ1n) is 8.13. The summed E-state index contributed by atoms with van der Waals surface area (Å²) in [5, 5.41) is 3.03. The standard InChI is InChI=1S/C18H19N3O2/c22-18(12-3-1-4-12)21-10-15-7-13-5-2-6-16(17(13)23-15)14-8-19-11-20-9-14/h2,5-6,8-9,11-12,15H,1,3-4,7,10H2,(H,21,22). The summed E-state index contributed by atoms with van der Waals surface area (Å²) < 4.78 is 6.10. The number of nitrogens with one attached hydrogen (secondary N) is 1. The first-order chi connectivity index (χ1) is 11.3. The van der Waals surface area contributed by atoms with Gasteiger partial charge in [0.15, 0.2) is 0 Å². The molecule has 0 saturated heterocycles. The highest BCUT2D eigenvalue weighted by Crippen LogP contribution is 2.38. The van der Waals surface area contributed by atoms with Gasteiger partial charge >= 0.3 is 0 Å². The molecule has 1 aliphatic heterocycles. The van der Waals surface area contributed by atoms with Crippen molar-refractivity contribution >= 4 is 5.91 Å². The zero-order valence-electron chi connectivity index (χ0n) is 12.9. The van der Waals surface area contributed by atoms with Gasteiger partial charge in [0.25, 0.3) is 0 Å². The molecule has 1 aromatic carbocycles. The predicted octanol–water partition coefficient (Wildman–Crippen LogP) is 2.36. The molecule has 1 N–H and O–H groups in total. The fraction of sp³-hybridized carbons (Fsp3) is 0.389. The van der Waals surface area contributed by atoms with Crippen LogP contribution < -0.4 is 10.1 Å². The van der Waals surface area contributed by atoms with Crippen LogP contribution in [0.2, 0.25) is 0 Å². The molecule has 5 heteroatoms. The van der Waals surface area contributed by atoms with Crippen LogP contribution in [0.1, 0.15) is 24.8 Å². The van der Waals surface area contributed by atoms with Crippen molar-refractivity contribution in [2.45, 2.75) is 31.8 Å². The molecule has 118 valence electrons. The number of ether oxygens (including phenoxy) is 1. The Kier molecular flexibility index (Phi) is 3.69. The highest BCUT2D eigenvalue weighted by Gasteiger charge is 2.29. The van der Waals surface area contributed by atoms with Crippen LogP contribution >= 0.6 is 0 Å². The molecular weight excluding hydrogens is 290 g/mol. The summed E-state index contributed by atoms with van der Waals surface area (Å²) in [6, 6.07) is 6.13. The van der Waals surface area contributed by atoms with E-state index in [1.165, 1.54) is 18.3 Å². The zero-order valence-corrected chi connectivity index (χ0v) is 12.9. The Morgan fingerprint density at radius 3 is 2.83 bits per heavy atom. The number of carbonyl (C=O) groups excluding carboxylic acids is 1. The van der Waals surface area contributed by atoms with Gasteiger partial charge in [-0.3, -0.25) is 4.79 Å². The number of carbonyl (C=O) groups is 1. The van der Waals surface area contributed by atoms with E-state index in [4.69, 9.17) is 4.74 Å². The molecule has 1 unspecified atom stereocenters. The molecule has 1 atom stereocenters. The number of nitrogens with zero attached hydrogens (tertiary/aromatic N) is 2. The normalized spacial score (nSPS) is 19.6. The van der Waals surface area contributed by atoms with Crippen molar-refractivity contribution in [3.8, 4) is 16.9 Å². The number of benzene rings is 1. The summed E-state index contributed by atoms with van der Waals surface area (Å²) in [5.41, 5.74) is 3.13. The van der Waals surface area contributed by atoms with Crippen molar-refractivity contribution in [3.63, 3.8) is 0 Å². The maximum atomic E-state index is 12.0. The van der Waals surface area contributed by atoms with E-state index >= 15 is 0 Å². The Hall–Kier alpha value is -2.43. The first-order valence-corrected chi connectivity index (χ1v) is 8.13. The van der Waals surface area contributed by atoms with E-state index in [0.717, 1.165) is 36.1 Å². The van der Waals surface area contributed by atoms with Crippen LogP contribution in [0, 0.1) is 5.92 Å². The van der Waals surface area contributed by atoms with Gasteiger partial charge in [0.05, 0.1) is 6.54 Å². The van der Waals surface area contributed by atoms with Crippen molar-refractivity contribution in [1.82, 2.24) is 15.3 Å². The van der Waals surface area contributed by atoms with E-state index in [9.17, 15) is 4.79 Å². The fourth-order valence-corrected chi connectivity index (χ4v) is 3.15. The van der Waals surface area contributed by atoms with Crippen molar-refractivity contribution < 1.29 is 9.53 Å². The Morgan fingerprint density at radius 2 is 2.09 bits per heavy atom. The van der Waals surface area contributed by atoms with Crippen molar-refractivity contribution in [2.24, 2.45) is 5.92 Å². The summed E-state index contributed by atoms with van der Waals surface area (Å²) in [5.74, 6) is 1.29. The molecule has 1 saturated carbocycles. The van der Waals surface area contributed by atoms with Gasteiger partial charge < -0.3 is 10.1 Å². The molecule has 0 spiro atoms. The van der Waals surface area contributed by atoms with Crippen molar-refractivity contribution in [3.05, 3.63) is 42.5 Å². The summed E-state index contributed by atoms with van der Waals surface area (Å²) in [7, 11) is 0. The average molecular weight is 309 g/mol. The molecule has 0 radical (unpaired) electrons. The highest BCUT2D eigenvalue weighted by molar-refractivity contribution is 5.79. The van der Waals surface area contributed by atoms with Crippen LogP contribution in [0.15, 0.2) is 36.9 Å². The summed E-state index contributed by atoms with van der Waals surface area (Å²) >= 11 is 0. The number of fused-ring (bicyclic) bond motifs is 1. The molecule has 2 heterocycles. The third kappa shape index (κ3) is 2.79. The lowest BCUT2D eigenvalue weighted by Crippen LogP contribution is -2.40. The topological polar surface area (TPSA) is 64.1 Å². The Bertz CT molecular complexity index is 713. The molecule has 4 rings (SSSR count). The summed E-state index contributed by atoms with van der Waals surface area (Å²) in [6.07, 6.45) is 9.14. The van der Waals surface area contributed by atoms with Gasteiger partial charge in [-0.2, -0.15) is 0 Å². The number of amides is 1. The van der Waals surface area contributed by atoms with E-state index in [1.54, 1.807) is 12.4 Å². The molecule has 2 aliphatic rings. The van der Waals surface area contributed by atoms with E-state index < -0.39 is 0 Å². The zero-order chi connectivity index (χ0) is 15.6. The molecule has 1 fully saturated rings. The van der Waals surface area contributed by atoms with E-state index in [2.05, 4.69) is 21.4 Å². The van der Waals surface area contributed by atoms with Crippen LogP contribution in [0.4, 0.5) is 0 Å². The third-order valence-corrected chi connectivity index (χ3v) is 4.68. The second-order valence-electron chi connectivity index (χ2n) is 6.24. The number of para-hydroxylation sites is 1. The number of aromatic nitrogens is 2. The molecular formula is C18H19N3O2. The summed E-state index contributed by atoms with van der Waals surface area (Å²) in [4.78, 5) is 20.1. The Balaban J connectivity index is 1.46. The van der Waals surface area contributed by atoms with Gasteiger partial charge in [0.2, 0.25) is 5.91 Å². The second-order valence-corrected chi connectivity index (χ2v) is 6.24. The van der Waals surface area contributed by atoms with Crippen LogP contribution in [0.5, 0.6) is 5.75 Å². The monoisotopic (exact) mass is 309 g/mol. The Labute approximate surface area is 135 Å². The minimum atomic E-state index is -0.000179. The minimum absolute atomic E-state index is 0.000179. The first kappa shape index (κ1) is 14.2. The smallest absolute Gasteiger partial charge is 0.223 e. The van der Waals surface area contributed by atoms with E-state index in [-0.39, 0.29) is 17.9 Å². The largest absolute Gasteiger partial charge is 0.487 e. The van der Waals surface area contributed by atoms with E-state index in [1.807, 2.05) is 12.1 Å². The lowest BCUT2D eigenvalue weighted by molar-refractivity contribution is -0.127. The lowest BCUT2D eigenvalue weighted by atomic mass is 9.85. The number of hydrogen-bond donors (Lipinski definition) is 1. The van der Waals surface area contributed by atoms with Gasteiger partial charge in [0, 0.05) is 35.9 Å². The number of rotatable bonds is 4. The van der Waals surface area contributed by atoms with Crippen molar-refractivity contribution in [2.75, 3.05) is 6.54 Å². The fourth-order valence-electron chi connectivity index (χ4n) is 3.15. The average Bonchev–Trinajstić information content (AvgIpc) is 2.95. The molecule has 2 aromatic rings. The molecule has 1 amide bonds. The number of hydrogen-bond acceptors (Lipinski definition) is 4. The molecule has 0 bridgehead atoms. The van der Waals surface area contributed by atoms with Gasteiger partial charge in [-0.1, -0.05) is 24.6 Å². The van der Waals surface area contributed by atoms with Crippen molar-refractivity contribution in [1.29, 1.82) is 0 Å². The van der Waals surface area contributed by atoms with Gasteiger partial charge in [-0.05, 0) is 18.4 Å². The van der Waals surface area contributed by atoms with Gasteiger partial charge in [-0.15, -0.1) is 0 Å². The van der Waals surface area contributed by atoms with E-state index in [0.29, 0.717) is 6.54 Å². The Morgan fingerprint density at radius 1 is 1.26 bits per heavy atom. The summed E-state index contributed by atoms with van der Waals surface area (Å²) in [6.45, 7) is 0.564. The highest BCUT2D eigenvalue weighted by atomic mass is 16.5. The maximum Gasteiger partial charge on any atom is 0.223 e. The lowest BCUT2D eigenvalue weighted by Gasteiger charge is -2.24.